The third kappa shape index (κ3) is 2.75. The van der Waals surface area contributed by atoms with Crippen molar-refractivity contribution in [2.24, 2.45) is 0 Å². The van der Waals surface area contributed by atoms with Crippen molar-refractivity contribution in [3.05, 3.63) is 29.3 Å². The van der Waals surface area contributed by atoms with Gasteiger partial charge in [-0.2, -0.15) is 0 Å². The van der Waals surface area contributed by atoms with Crippen molar-refractivity contribution in [2.45, 2.75) is 0 Å². The summed E-state index contributed by atoms with van der Waals surface area (Å²) in [6, 6.07) is 4.08. The Morgan fingerprint density at radius 2 is 2.12 bits per heavy atom. The number of nitrogens with two attached hydrogens (primary N) is 1. The van der Waals surface area contributed by atoms with Gasteiger partial charge in [0.05, 0.1) is 12.7 Å². The molecule has 1 rings (SSSR count). The van der Waals surface area contributed by atoms with Gasteiger partial charge in [-0.05, 0) is 18.2 Å². The van der Waals surface area contributed by atoms with Crippen LogP contribution < -0.4 is 5.73 Å². The molecular formula is C11H9NO4. The third-order valence-corrected chi connectivity index (χ3v) is 1.78. The van der Waals surface area contributed by atoms with Crippen molar-refractivity contribution in [3.8, 4) is 11.8 Å². The minimum absolute atomic E-state index is 0.0587. The van der Waals surface area contributed by atoms with Crippen LogP contribution in [0, 0.1) is 11.8 Å². The van der Waals surface area contributed by atoms with Gasteiger partial charge in [0.25, 0.3) is 0 Å². The van der Waals surface area contributed by atoms with E-state index in [0.29, 0.717) is 5.69 Å². The molecule has 0 atom stereocenters. The number of esters is 1. The Morgan fingerprint density at radius 3 is 2.69 bits per heavy atom. The number of hydrogen-bond donors (Lipinski definition) is 2. The molecule has 0 aliphatic rings. The summed E-state index contributed by atoms with van der Waals surface area (Å²) in [5.41, 5.74) is 6.22. The first-order valence-electron chi connectivity index (χ1n) is 4.27. The first kappa shape index (κ1) is 11.6. The summed E-state index contributed by atoms with van der Waals surface area (Å²) >= 11 is 0. The molecule has 1 aromatic carbocycles. The molecule has 3 N–H and O–H groups in total. The number of carboxylic acids is 1. The fourth-order valence-corrected chi connectivity index (χ4v) is 0.967. The van der Waals surface area contributed by atoms with E-state index in [4.69, 9.17) is 10.8 Å². The summed E-state index contributed by atoms with van der Waals surface area (Å²) in [5.74, 6) is 2.83. The van der Waals surface area contributed by atoms with E-state index in [1.807, 2.05) is 0 Å². The molecule has 0 fully saturated rings. The van der Waals surface area contributed by atoms with Gasteiger partial charge in [0.15, 0.2) is 0 Å². The number of rotatable bonds is 1. The smallest absolute Gasteiger partial charge is 0.384 e. The monoisotopic (exact) mass is 219 g/mol. The van der Waals surface area contributed by atoms with Gasteiger partial charge >= 0.3 is 11.9 Å². The van der Waals surface area contributed by atoms with Crippen LogP contribution in [0.4, 0.5) is 5.69 Å². The van der Waals surface area contributed by atoms with Crippen molar-refractivity contribution >= 4 is 17.6 Å². The van der Waals surface area contributed by atoms with Crippen LogP contribution in [-0.2, 0) is 9.53 Å². The van der Waals surface area contributed by atoms with Crippen molar-refractivity contribution < 1.29 is 19.4 Å². The maximum absolute atomic E-state index is 10.8. The Bertz CT molecular complexity index is 496. The molecule has 0 bridgehead atoms. The largest absolute Gasteiger partial charge is 0.478 e. The molecule has 0 aliphatic heterocycles. The van der Waals surface area contributed by atoms with Gasteiger partial charge in [0, 0.05) is 17.2 Å². The highest BCUT2D eigenvalue weighted by Gasteiger charge is 2.05. The van der Waals surface area contributed by atoms with Crippen molar-refractivity contribution in [3.63, 3.8) is 0 Å². The molecule has 0 saturated carbocycles. The Labute approximate surface area is 91.8 Å². The minimum Gasteiger partial charge on any atom is -0.478 e. The van der Waals surface area contributed by atoms with E-state index in [1.165, 1.54) is 25.3 Å². The lowest BCUT2D eigenvalue weighted by Gasteiger charge is -1.99. The lowest BCUT2D eigenvalue weighted by Crippen LogP contribution is -2.00. The molecule has 0 saturated heterocycles. The second kappa shape index (κ2) is 4.84. The molecular weight excluding hydrogens is 210 g/mol. The van der Waals surface area contributed by atoms with E-state index in [-0.39, 0.29) is 11.1 Å². The number of aromatic carboxylic acids is 1. The molecule has 0 spiro atoms. The zero-order chi connectivity index (χ0) is 12.1. The van der Waals surface area contributed by atoms with E-state index in [1.54, 1.807) is 0 Å². The van der Waals surface area contributed by atoms with Crippen LogP contribution in [0.25, 0.3) is 0 Å². The molecule has 1 aromatic rings. The molecule has 0 aromatic heterocycles. The standard InChI is InChI=1S/C11H9NO4/c1-16-10(13)5-3-7-6-8(11(14)15)2-4-9(7)12/h2,4,6H,12H2,1H3,(H,14,15). The van der Waals surface area contributed by atoms with E-state index in [9.17, 15) is 9.59 Å². The van der Waals surface area contributed by atoms with E-state index in [2.05, 4.69) is 16.6 Å². The number of hydrogen-bond acceptors (Lipinski definition) is 4. The summed E-state index contributed by atoms with van der Waals surface area (Å²) in [4.78, 5) is 21.4. The number of ether oxygens (including phenoxy) is 1. The average molecular weight is 219 g/mol. The van der Waals surface area contributed by atoms with Crippen LogP contribution in [0.2, 0.25) is 0 Å². The van der Waals surface area contributed by atoms with Gasteiger partial charge in [0.1, 0.15) is 0 Å². The number of benzene rings is 1. The maximum Gasteiger partial charge on any atom is 0.384 e. The number of carbonyl (C=O) groups excluding carboxylic acids is 1. The second-order valence-electron chi connectivity index (χ2n) is 2.85. The number of carboxylic acid groups (broad SMARTS) is 1. The highest BCUT2D eigenvalue weighted by atomic mass is 16.5. The normalized spacial score (nSPS) is 8.81. The highest BCUT2D eigenvalue weighted by Crippen LogP contribution is 2.12. The molecule has 0 heterocycles. The maximum atomic E-state index is 10.8. The van der Waals surface area contributed by atoms with Crippen LogP contribution in [0.15, 0.2) is 18.2 Å². The number of carbonyl (C=O) groups is 2. The number of methoxy groups -OCH3 is 1. The summed E-state index contributed by atoms with van der Waals surface area (Å²) in [6.07, 6.45) is 0. The van der Waals surface area contributed by atoms with Gasteiger partial charge < -0.3 is 15.6 Å². The van der Waals surface area contributed by atoms with Crippen molar-refractivity contribution in [1.82, 2.24) is 0 Å². The van der Waals surface area contributed by atoms with Crippen molar-refractivity contribution in [1.29, 1.82) is 0 Å². The van der Waals surface area contributed by atoms with Gasteiger partial charge in [-0.3, -0.25) is 0 Å². The average Bonchev–Trinajstić information content (AvgIpc) is 2.27. The van der Waals surface area contributed by atoms with E-state index >= 15 is 0 Å². The molecule has 0 aliphatic carbocycles. The first-order valence-corrected chi connectivity index (χ1v) is 4.27. The molecule has 0 radical (unpaired) electrons. The van der Waals surface area contributed by atoms with Gasteiger partial charge in [-0.25, -0.2) is 9.59 Å². The van der Waals surface area contributed by atoms with Gasteiger partial charge in [0.2, 0.25) is 0 Å². The Balaban J connectivity index is 3.11. The Kier molecular flexibility index (Phi) is 3.51. The van der Waals surface area contributed by atoms with Gasteiger partial charge in [-0.15, -0.1) is 0 Å². The second-order valence-corrected chi connectivity index (χ2v) is 2.85. The topological polar surface area (TPSA) is 89.6 Å². The molecule has 5 nitrogen and oxygen atoms in total. The van der Waals surface area contributed by atoms with E-state index in [0.717, 1.165) is 0 Å². The Morgan fingerprint density at radius 1 is 1.44 bits per heavy atom. The zero-order valence-corrected chi connectivity index (χ0v) is 8.48. The molecule has 5 heteroatoms. The zero-order valence-electron chi connectivity index (χ0n) is 8.48. The highest BCUT2D eigenvalue weighted by molar-refractivity contribution is 5.91. The lowest BCUT2D eigenvalue weighted by molar-refractivity contribution is -0.133. The molecule has 82 valence electrons. The van der Waals surface area contributed by atoms with Crippen molar-refractivity contribution in [2.75, 3.05) is 12.8 Å². The van der Waals surface area contributed by atoms with Crippen LogP contribution in [0.3, 0.4) is 0 Å². The van der Waals surface area contributed by atoms with Crippen LogP contribution in [0.1, 0.15) is 15.9 Å². The summed E-state index contributed by atoms with van der Waals surface area (Å²) in [6.45, 7) is 0. The fraction of sp³-hybridized carbons (Fsp3) is 0.0909. The quantitative estimate of drug-likeness (QED) is 0.407. The summed E-state index contributed by atoms with van der Waals surface area (Å²) < 4.78 is 4.32. The fourth-order valence-electron chi connectivity index (χ4n) is 0.967. The Hall–Kier alpha value is -2.48. The predicted molar refractivity (Wildman–Crippen MR) is 56.7 cm³/mol. The SMILES string of the molecule is COC(=O)C#Cc1cc(C(=O)O)ccc1N. The van der Waals surface area contributed by atoms with Crippen LogP contribution >= 0.6 is 0 Å². The van der Waals surface area contributed by atoms with Crippen LogP contribution in [0.5, 0.6) is 0 Å². The van der Waals surface area contributed by atoms with E-state index < -0.39 is 11.9 Å². The molecule has 0 amide bonds. The number of nitrogen functional groups attached to an aromatic ring is 1. The number of anilines is 1. The molecule has 16 heavy (non-hydrogen) atoms. The predicted octanol–water partition coefficient (Wildman–Crippen LogP) is 0.492. The first-order chi connectivity index (χ1) is 7.54. The lowest BCUT2D eigenvalue weighted by atomic mass is 10.1. The summed E-state index contributed by atoms with van der Waals surface area (Å²) in [5, 5.41) is 8.74. The third-order valence-electron chi connectivity index (χ3n) is 1.78. The molecule has 0 unspecified atom stereocenters. The summed E-state index contributed by atoms with van der Waals surface area (Å²) in [7, 11) is 1.20. The van der Waals surface area contributed by atoms with Gasteiger partial charge in [-0.1, -0.05) is 5.92 Å². The minimum atomic E-state index is -1.08. The van der Waals surface area contributed by atoms with Crippen LogP contribution in [-0.4, -0.2) is 24.2 Å².